The van der Waals surface area contributed by atoms with Crippen LogP contribution in [0.2, 0.25) is 5.02 Å². The summed E-state index contributed by atoms with van der Waals surface area (Å²) >= 11 is 6.35. The smallest absolute Gasteiger partial charge is 0.262 e. The molecule has 0 aliphatic carbocycles. The maximum atomic E-state index is 13.7. The average molecular weight is 857 g/mol. The predicted molar refractivity (Wildman–Crippen MR) is 237 cm³/mol. The van der Waals surface area contributed by atoms with Gasteiger partial charge in [-0.3, -0.25) is 34.2 Å². The summed E-state index contributed by atoms with van der Waals surface area (Å²) in [6.07, 6.45) is 8.95. The van der Waals surface area contributed by atoms with Crippen LogP contribution in [-0.2, 0) is 9.59 Å². The van der Waals surface area contributed by atoms with E-state index in [1.165, 1.54) is 24.9 Å². The zero-order valence-electron chi connectivity index (χ0n) is 35.1. The highest BCUT2D eigenvalue weighted by molar-refractivity contribution is 6.33. The summed E-state index contributed by atoms with van der Waals surface area (Å²) in [6.45, 7) is 16.8. The lowest BCUT2D eigenvalue weighted by Crippen LogP contribution is -2.54. The van der Waals surface area contributed by atoms with E-state index >= 15 is 0 Å². The fourth-order valence-corrected chi connectivity index (χ4v) is 11.8. The van der Waals surface area contributed by atoms with E-state index in [-0.39, 0.29) is 30.1 Å². The van der Waals surface area contributed by atoms with Crippen molar-refractivity contribution in [3.63, 3.8) is 0 Å². The van der Waals surface area contributed by atoms with Gasteiger partial charge in [-0.15, -0.1) is 0 Å². The number of nitrogens with zero attached hydrogens (tertiary/aromatic N) is 7. The topological polar surface area (TPSA) is 121 Å². The molecule has 1 N–H and O–H groups in total. The first-order valence-corrected chi connectivity index (χ1v) is 22.8. The maximum absolute atomic E-state index is 13.7. The van der Waals surface area contributed by atoms with Gasteiger partial charge in [-0.05, 0) is 136 Å². The molecule has 7 aliphatic heterocycles. The van der Waals surface area contributed by atoms with Gasteiger partial charge < -0.3 is 24.5 Å². The SMILES string of the molecule is [C-]#[N+]c1ccc(N2CCC3(CCN(C(=O)c4ccc(N5CCC6(CCN(C7CCN(c8ccc9c(c8)C(=O)N(C8CCC(=O)NC8=O)C9=O)CC7)CC6)C5)cc4)CC3)C2)cc1Cl. The average Bonchev–Trinajstić information content (AvgIpc) is 3.98. The summed E-state index contributed by atoms with van der Waals surface area (Å²) in [5.41, 5.74) is 5.59. The van der Waals surface area contributed by atoms with Crippen molar-refractivity contribution < 1.29 is 24.0 Å². The van der Waals surface area contributed by atoms with Gasteiger partial charge in [0.15, 0.2) is 0 Å². The van der Waals surface area contributed by atoms with Gasteiger partial charge in [-0.25, -0.2) is 4.85 Å². The third-order valence-corrected chi connectivity index (χ3v) is 15.8. The van der Waals surface area contributed by atoms with Crippen LogP contribution in [0.3, 0.4) is 0 Å². The lowest BCUT2D eigenvalue weighted by Gasteiger charge is -2.45. The largest absolute Gasteiger partial charge is 0.371 e. The number of piperidine rings is 4. The molecule has 3 aromatic carbocycles. The molecule has 2 spiro atoms. The Morgan fingerprint density at radius 1 is 0.661 bits per heavy atom. The predicted octanol–water partition coefficient (Wildman–Crippen LogP) is 6.39. The van der Waals surface area contributed by atoms with E-state index in [0.29, 0.717) is 33.3 Å². The quantitative estimate of drug-likeness (QED) is 0.222. The number of hydrogen-bond donors (Lipinski definition) is 1. The fraction of sp³-hybridized carbons (Fsp3) is 0.500. The first-order chi connectivity index (χ1) is 30.0. The highest BCUT2D eigenvalue weighted by Crippen LogP contribution is 2.45. The minimum absolute atomic E-state index is 0.100. The number of benzene rings is 3. The number of amides is 5. The number of fused-ring (bicyclic) bond motifs is 1. The first kappa shape index (κ1) is 40.6. The minimum atomic E-state index is -0.964. The highest BCUT2D eigenvalue weighted by Gasteiger charge is 2.46. The summed E-state index contributed by atoms with van der Waals surface area (Å²) in [5, 5.41) is 2.76. The Labute approximate surface area is 367 Å². The summed E-state index contributed by atoms with van der Waals surface area (Å²) in [5.74, 6) is -1.80. The lowest BCUT2D eigenvalue weighted by atomic mass is 9.77. The summed E-state index contributed by atoms with van der Waals surface area (Å²) in [7, 11) is 0. The fourth-order valence-electron chi connectivity index (χ4n) is 11.6. The van der Waals surface area contributed by atoms with E-state index in [2.05, 4.69) is 41.9 Å². The number of hydrogen-bond acceptors (Lipinski definition) is 9. The lowest BCUT2D eigenvalue weighted by molar-refractivity contribution is -0.136. The molecule has 3 aromatic rings. The molecule has 0 bridgehead atoms. The molecule has 1 unspecified atom stereocenters. The number of anilines is 3. The third-order valence-electron chi connectivity index (χ3n) is 15.5. The molecule has 13 nitrogen and oxygen atoms in total. The maximum Gasteiger partial charge on any atom is 0.262 e. The van der Waals surface area contributed by atoms with Gasteiger partial charge in [-0.2, -0.15) is 0 Å². The van der Waals surface area contributed by atoms with Crippen LogP contribution in [0.4, 0.5) is 22.7 Å². The Hall–Kier alpha value is -5.45. The molecule has 10 rings (SSSR count). The zero-order chi connectivity index (χ0) is 42.8. The molecule has 1 atom stereocenters. The molecule has 5 amide bonds. The molecular formula is C48H53ClN8O5. The van der Waals surface area contributed by atoms with Crippen LogP contribution in [0.25, 0.3) is 4.85 Å². The third kappa shape index (κ3) is 7.38. The van der Waals surface area contributed by atoms with Gasteiger partial charge in [0, 0.05) is 92.5 Å². The van der Waals surface area contributed by atoms with Gasteiger partial charge in [-0.1, -0.05) is 17.7 Å². The van der Waals surface area contributed by atoms with E-state index in [9.17, 15) is 24.0 Å². The minimum Gasteiger partial charge on any atom is -0.371 e. The Kier molecular flexibility index (Phi) is 10.5. The van der Waals surface area contributed by atoms with Crippen LogP contribution in [0.1, 0.15) is 95.3 Å². The van der Waals surface area contributed by atoms with Crippen molar-refractivity contribution in [2.24, 2.45) is 10.8 Å². The van der Waals surface area contributed by atoms with Gasteiger partial charge in [0.1, 0.15) is 6.04 Å². The van der Waals surface area contributed by atoms with Crippen LogP contribution in [-0.4, -0.2) is 122 Å². The normalized spacial score (nSPS) is 24.0. The molecule has 7 aliphatic rings. The number of nitrogens with one attached hydrogen (secondary N) is 1. The van der Waals surface area contributed by atoms with E-state index in [1.807, 2.05) is 41.3 Å². The Balaban J connectivity index is 0.679. The monoisotopic (exact) mass is 856 g/mol. The number of halogens is 1. The second-order valence-electron chi connectivity index (χ2n) is 18.9. The highest BCUT2D eigenvalue weighted by atomic mass is 35.5. The van der Waals surface area contributed by atoms with E-state index in [0.717, 1.165) is 119 Å². The standard InChI is InChI=1S/C48H53ClN8O5/c1-50-40-9-7-36(29-39(40)49)56-27-19-48(31-56)16-24-54(25-17-48)44(60)32-2-4-33(5-3-32)55-26-18-47(30-55)14-22-53(23-15-47)34-12-20-52(21-13-34)35-6-8-37-38(28-35)46(62)57(45(37)61)41-10-11-42(58)51-43(41)59/h2-9,28-29,34,41H,10-27,30-31H2,(H,51,58,59). The molecular weight excluding hydrogens is 804 g/mol. The number of rotatable bonds is 6. The number of likely N-dealkylation sites (tertiary alicyclic amines) is 2. The van der Waals surface area contributed by atoms with Crippen LogP contribution < -0.4 is 20.0 Å². The van der Waals surface area contributed by atoms with Crippen LogP contribution in [0.15, 0.2) is 60.7 Å². The second kappa shape index (κ2) is 16.0. The first-order valence-electron chi connectivity index (χ1n) is 22.4. The molecule has 0 aromatic heterocycles. The Morgan fingerprint density at radius 3 is 1.89 bits per heavy atom. The van der Waals surface area contributed by atoms with Crippen LogP contribution in [0, 0.1) is 17.4 Å². The Morgan fingerprint density at radius 2 is 1.24 bits per heavy atom. The molecule has 6 saturated heterocycles. The van der Waals surface area contributed by atoms with Crippen molar-refractivity contribution in [1.82, 2.24) is 20.0 Å². The van der Waals surface area contributed by atoms with Crippen LogP contribution >= 0.6 is 11.6 Å². The van der Waals surface area contributed by atoms with Crippen molar-refractivity contribution >= 4 is 63.9 Å². The molecule has 14 heteroatoms. The van der Waals surface area contributed by atoms with Gasteiger partial charge >= 0.3 is 0 Å². The van der Waals surface area contributed by atoms with E-state index in [4.69, 9.17) is 18.2 Å². The Bertz CT molecular complexity index is 2360. The summed E-state index contributed by atoms with van der Waals surface area (Å²) in [6, 6.07) is 19.0. The summed E-state index contributed by atoms with van der Waals surface area (Å²) < 4.78 is 0. The van der Waals surface area contributed by atoms with Gasteiger partial charge in [0.05, 0.1) is 17.7 Å². The zero-order valence-corrected chi connectivity index (χ0v) is 35.9. The molecule has 6 fully saturated rings. The number of imide groups is 2. The number of carbonyl (C=O) groups is 5. The number of carbonyl (C=O) groups excluding carboxylic acids is 5. The molecule has 0 saturated carbocycles. The van der Waals surface area contributed by atoms with Crippen molar-refractivity contribution in [2.45, 2.75) is 76.3 Å². The summed E-state index contributed by atoms with van der Waals surface area (Å²) in [4.78, 5) is 80.8. The molecule has 0 radical (unpaired) electrons. The van der Waals surface area contributed by atoms with Crippen molar-refractivity contribution in [3.8, 4) is 0 Å². The van der Waals surface area contributed by atoms with Crippen LogP contribution in [0.5, 0.6) is 0 Å². The molecule has 322 valence electrons. The van der Waals surface area contributed by atoms with Crippen molar-refractivity contribution in [3.05, 3.63) is 93.8 Å². The molecule has 7 heterocycles. The van der Waals surface area contributed by atoms with E-state index in [1.54, 1.807) is 12.1 Å². The molecule has 62 heavy (non-hydrogen) atoms. The van der Waals surface area contributed by atoms with Crippen molar-refractivity contribution in [2.75, 3.05) is 80.1 Å². The van der Waals surface area contributed by atoms with E-state index < -0.39 is 23.8 Å². The van der Waals surface area contributed by atoms with Gasteiger partial charge in [0.25, 0.3) is 17.7 Å². The van der Waals surface area contributed by atoms with Gasteiger partial charge in [0.2, 0.25) is 17.5 Å². The second-order valence-corrected chi connectivity index (χ2v) is 19.3. The van der Waals surface area contributed by atoms with Crippen molar-refractivity contribution in [1.29, 1.82) is 0 Å².